The van der Waals surface area contributed by atoms with Crippen molar-refractivity contribution in [3.05, 3.63) is 0 Å². The lowest BCUT2D eigenvalue weighted by molar-refractivity contribution is 0.0909. The molecule has 0 amide bonds. The number of rotatable bonds is 10. The SMILES string of the molecule is CCCOCCNCCOCCO. The van der Waals surface area contributed by atoms with Gasteiger partial charge in [-0.05, 0) is 6.42 Å². The average molecular weight is 191 g/mol. The summed E-state index contributed by atoms with van der Waals surface area (Å²) < 4.78 is 10.3. The lowest BCUT2D eigenvalue weighted by Crippen LogP contribution is -2.24. The third kappa shape index (κ3) is 11.8. The average Bonchev–Trinajstić information content (AvgIpc) is 2.16. The highest BCUT2D eigenvalue weighted by Crippen LogP contribution is 1.78. The van der Waals surface area contributed by atoms with Gasteiger partial charge < -0.3 is 19.9 Å². The van der Waals surface area contributed by atoms with Crippen LogP contribution in [0.25, 0.3) is 0 Å². The molecular formula is C9H21NO3. The Hall–Kier alpha value is -0.160. The highest BCUT2D eigenvalue weighted by atomic mass is 16.5. The van der Waals surface area contributed by atoms with Crippen molar-refractivity contribution in [2.45, 2.75) is 13.3 Å². The molecule has 0 rings (SSSR count). The van der Waals surface area contributed by atoms with Crippen molar-refractivity contribution >= 4 is 0 Å². The van der Waals surface area contributed by atoms with Gasteiger partial charge in [0.2, 0.25) is 0 Å². The zero-order valence-electron chi connectivity index (χ0n) is 8.42. The van der Waals surface area contributed by atoms with Gasteiger partial charge in [0.15, 0.2) is 0 Å². The van der Waals surface area contributed by atoms with Gasteiger partial charge in [0.05, 0.1) is 26.4 Å². The number of nitrogens with one attached hydrogen (secondary N) is 1. The smallest absolute Gasteiger partial charge is 0.0698 e. The summed E-state index contributed by atoms with van der Waals surface area (Å²) in [4.78, 5) is 0. The van der Waals surface area contributed by atoms with Crippen LogP contribution in [0.2, 0.25) is 0 Å². The molecule has 0 fully saturated rings. The van der Waals surface area contributed by atoms with Crippen molar-refractivity contribution in [1.29, 1.82) is 0 Å². The number of hydrogen-bond donors (Lipinski definition) is 2. The van der Waals surface area contributed by atoms with E-state index < -0.39 is 0 Å². The topological polar surface area (TPSA) is 50.7 Å². The van der Waals surface area contributed by atoms with E-state index in [0.717, 1.165) is 32.7 Å². The van der Waals surface area contributed by atoms with E-state index in [1.54, 1.807) is 0 Å². The molecule has 0 aliphatic rings. The minimum absolute atomic E-state index is 0.0968. The Morgan fingerprint density at radius 3 is 2.15 bits per heavy atom. The summed E-state index contributed by atoms with van der Waals surface area (Å²) in [6.45, 7) is 6.53. The molecule has 0 saturated heterocycles. The van der Waals surface area contributed by atoms with Gasteiger partial charge in [0, 0.05) is 19.7 Å². The number of aliphatic hydroxyl groups is 1. The van der Waals surface area contributed by atoms with E-state index in [9.17, 15) is 0 Å². The second-order valence-electron chi connectivity index (χ2n) is 2.70. The van der Waals surface area contributed by atoms with Gasteiger partial charge in [0.25, 0.3) is 0 Å². The van der Waals surface area contributed by atoms with E-state index in [-0.39, 0.29) is 6.61 Å². The third-order valence-corrected chi connectivity index (χ3v) is 1.43. The van der Waals surface area contributed by atoms with Crippen molar-refractivity contribution in [2.75, 3.05) is 46.1 Å². The second-order valence-corrected chi connectivity index (χ2v) is 2.70. The highest BCUT2D eigenvalue weighted by molar-refractivity contribution is 4.44. The summed E-state index contributed by atoms with van der Waals surface area (Å²) in [5.74, 6) is 0. The van der Waals surface area contributed by atoms with Gasteiger partial charge >= 0.3 is 0 Å². The van der Waals surface area contributed by atoms with Crippen LogP contribution in [0.15, 0.2) is 0 Å². The normalized spacial score (nSPS) is 10.6. The minimum atomic E-state index is 0.0968. The fourth-order valence-corrected chi connectivity index (χ4v) is 0.827. The molecule has 0 aromatic rings. The Bertz CT molecular complexity index is 80.9. The lowest BCUT2D eigenvalue weighted by Gasteiger charge is -2.05. The monoisotopic (exact) mass is 191 g/mol. The van der Waals surface area contributed by atoms with E-state index in [1.807, 2.05) is 0 Å². The zero-order chi connectivity index (χ0) is 9.78. The number of hydrogen-bond acceptors (Lipinski definition) is 4. The molecule has 13 heavy (non-hydrogen) atoms. The first-order valence-electron chi connectivity index (χ1n) is 4.89. The van der Waals surface area contributed by atoms with Crippen LogP contribution in [0.4, 0.5) is 0 Å². The van der Waals surface area contributed by atoms with Crippen LogP contribution in [0.3, 0.4) is 0 Å². The first-order chi connectivity index (χ1) is 6.41. The van der Waals surface area contributed by atoms with Crippen molar-refractivity contribution in [1.82, 2.24) is 5.32 Å². The molecule has 2 N–H and O–H groups in total. The van der Waals surface area contributed by atoms with E-state index >= 15 is 0 Å². The Balaban J connectivity index is 2.76. The Morgan fingerprint density at radius 2 is 1.62 bits per heavy atom. The molecule has 0 aromatic carbocycles. The second kappa shape index (κ2) is 11.8. The Morgan fingerprint density at radius 1 is 1.00 bits per heavy atom. The molecular weight excluding hydrogens is 170 g/mol. The van der Waals surface area contributed by atoms with Crippen molar-refractivity contribution in [3.8, 4) is 0 Å². The Labute approximate surface area is 80.2 Å². The summed E-state index contributed by atoms with van der Waals surface area (Å²) in [7, 11) is 0. The van der Waals surface area contributed by atoms with Gasteiger partial charge in [-0.25, -0.2) is 0 Å². The third-order valence-electron chi connectivity index (χ3n) is 1.43. The predicted octanol–water partition coefficient (Wildman–Crippen LogP) is 0.0115. The highest BCUT2D eigenvalue weighted by Gasteiger charge is 1.88. The number of aliphatic hydroxyl groups excluding tert-OH is 1. The van der Waals surface area contributed by atoms with Crippen LogP contribution in [-0.2, 0) is 9.47 Å². The van der Waals surface area contributed by atoms with Gasteiger partial charge in [-0.3, -0.25) is 0 Å². The van der Waals surface area contributed by atoms with E-state index in [2.05, 4.69) is 12.2 Å². The molecule has 0 heterocycles. The maximum absolute atomic E-state index is 8.40. The molecule has 4 heteroatoms. The number of ether oxygens (including phenoxy) is 2. The zero-order valence-corrected chi connectivity index (χ0v) is 8.42. The van der Waals surface area contributed by atoms with Crippen molar-refractivity contribution in [2.24, 2.45) is 0 Å². The molecule has 0 unspecified atom stereocenters. The van der Waals surface area contributed by atoms with Gasteiger partial charge in [-0.1, -0.05) is 6.92 Å². The summed E-state index contributed by atoms with van der Waals surface area (Å²) in [5.41, 5.74) is 0. The standard InChI is InChI=1S/C9H21NO3/c1-2-6-12-7-3-10-4-8-13-9-5-11/h10-11H,2-9H2,1H3. The molecule has 0 aliphatic heterocycles. The first-order valence-corrected chi connectivity index (χ1v) is 4.89. The van der Waals surface area contributed by atoms with Crippen LogP contribution in [0, 0.1) is 0 Å². The molecule has 80 valence electrons. The molecule has 0 bridgehead atoms. The first kappa shape index (κ1) is 12.8. The van der Waals surface area contributed by atoms with Crippen molar-refractivity contribution in [3.63, 3.8) is 0 Å². The maximum atomic E-state index is 8.40. The summed E-state index contributed by atoms with van der Waals surface area (Å²) in [5, 5.41) is 11.6. The van der Waals surface area contributed by atoms with Crippen LogP contribution in [-0.4, -0.2) is 51.2 Å². The van der Waals surface area contributed by atoms with Gasteiger partial charge in [-0.15, -0.1) is 0 Å². The quantitative estimate of drug-likeness (QED) is 0.478. The fourth-order valence-electron chi connectivity index (χ4n) is 0.827. The molecule has 0 aliphatic carbocycles. The van der Waals surface area contributed by atoms with Gasteiger partial charge in [0.1, 0.15) is 0 Å². The molecule has 0 atom stereocenters. The maximum Gasteiger partial charge on any atom is 0.0698 e. The fraction of sp³-hybridized carbons (Fsp3) is 1.00. The molecule has 0 aromatic heterocycles. The lowest BCUT2D eigenvalue weighted by atomic mass is 10.5. The molecule has 0 radical (unpaired) electrons. The van der Waals surface area contributed by atoms with Crippen LogP contribution >= 0.6 is 0 Å². The van der Waals surface area contributed by atoms with E-state index in [4.69, 9.17) is 14.6 Å². The molecule has 0 saturated carbocycles. The van der Waals surface area contributed by atoms with Crippen LogP contribution < -0.4 is 5.32 Å². The Kier molecular flexibility index (Phi) is 11.7. The van der Waals surface area contributed by atoms with Crippen LogP contribution in [0.1, 0.15) is 13.3 Å². The predicted molar refractivity (Wildman–Crippen MR) is 51.9 cm³/mol. The van der Waals surface area contributed by atoms with E-state index in [1.165, 1.54) is 0 Å². The van der Waals surface area contributed by atoms with Gasteiger partial charge in [-0.2, -0.15) is 0 Å². The van der Waals surface area contributed by atoms with E-state index in [0.29, 0.717) is 13.2 Å². The minimum Gasteiger partial charge on any atom is -0.394 e. The molecule has 4 nitrogen and oxygen atoms in total. The summed E-state index contributed by atoms with van der Waals surface area (Å²) >= 11 is 0. The summed E-state index contributed by atoms with van der Waals surface area (Å²) in [6, 6.07) is 0. The van der Waals surface area contributed by atoms with Crippen molar-refractivity contribution < 1.29 is 14.6 Å². The van der Waals surface area contributed by atoms with Crippen LogP contribution in [0.5, 0.6) is 0 Å². The largest absolute Gasteiger partial charge is 0.394 e. The molecule has 0 spiro atoms. The summed E-state index contributed by atoms with van der Waals surface area (Å²) in [6.07, 6.45) is 1.07.